The lowest BCUT2D eigenvalue weighted by molar-refractivity contribution is 0.0132. The molecule has 0 radical (unpaired) electrons. The van der Waals surface area contributed by atoms with Gasteiger partial charge in [-0.25, -0.2) is 0 Å². The van der Waals surface area contributed by atoms with Gasteiger partial charge in [0.2, 0.25) is 0 Å². The van der Waals surface area contributed by atoms with Gasteiger partial charge in [-0.3, -0.25) is 9.89 Å². The van der Waals surface area contributed by atoms with Crippen molar-refractivity contribution in [3.05, 3.63) is 42.1 Å². The standard InChI is InChI=1S/C22H33N5O2/c1-17(2)13-20(27-9-11-28-12-10-27)16-25-22(23-3)24-15-19-14-21(29-26-19)18-7-5-4-6-8-18/h4-8,14,17,20H,9-13,15-16H2,1-3H3,(H2,23,24,25). The van der Waals surface area contributed by atoms with Crippen molar-refractivity contribution in [1.29, 1.82) is 0 Å². The number of morpholine rings is 1. The van der Waals surface area contributed by atoms with Crippen LogP contribution in [0.15, 0.2) is 45.9 Å². The van der Waals surface area contributed by atoms with Gasteiger partial charge in [-0.15, -0.1) is 0 Å². The van der Waals surface area contributed by atoms with Crippen molar-refractivity contribution >= 4 is 5.96 Å². The number of hydrogen-bond donors (Lipinski definition) is 2. The van der Waals surface area contributed by atoms with Crippen molar-refractivity contribution in [2.75, 3.05) is 39.9 Å². The Balaban J connectivity index is 1.51. The fraction of sp³-hybridized carbons (Fsp3) is 0.545. The van der Waals surface area contributed by atoms with E-state index < -0.39 is 0 Å². The van der Waals surface area contributed by atoms with Crippen LogP contribution in [-0.2, 0) is 11.3 Å². The monoisotopic (exact) mass is 399 g/mol. The van der Waals surface area contributed by atoms with E-state index in [2.05, 4.69) is 39.5 Å². The number of nitrogens with zero attached hydrogens (tertiary/aromatic N) is 3. The van der Waals surface area contributed by atoms with Gasteiger partial charge in [0, 0.05) is 44.4 Å². The molecule has 7 nitrogen and oxygen atoms in total. The summed E-state index contributed by atoms with van der Waals surface area (Å²) in [7, 11) is 1.79. The molecule has 1 fully saturated rings. The summed E-state index contributed by atoms with van der Waals surface area (Å²) >= 11 is 0. The molecule has 7 heteroatoms. The molecule has 2 heterocycles. The van der Waals surface area contributed by atoms with Crippen molar-refractivity contribution in [2.24, 2.45) is 10.9 Å². The van der Waals surface area contributed by atoms with Crippen LogP contribution in [0.5, 0.6) is 0 Å². The number of aliphatic imine (C=N–C) groups is 1. The van der Waals surface area contributed by atoms with Crippen molar-refractivity contribution in [3.63, 3.8) is 0 Å². The summed E-state index contributed by atoms with van der Waals surface area (Å²) in [6, 6.07) is 12.4. The van der Waals surface area contributed by atoms with Gasteiger partial charge in [0.05, 0.1) is 19.8 Å². The van der Waals surface area contributed by atoms with Crippen LogP contribution in [0.2, 0.25) is 0 Å². The largest absolute Gasteiger partial charge is 0.379 e. The summed E-state index contributed by atoms with van der Waals surface area (Å²) in [5, 5.41) is 11.0. The summed E-state index contributed by atoms with van der Waals surface area (Å²) in [6.45, 7) is 9.58. The van der Waals surface area contributed by atoms with Crippen LogP contribution in [0.1, 0.15) is 26.0 Å². The predicted octanol–water partition coefficient (Wildman–Crippen LogP) is 2.75. The summed E-state index contributed by atoms with van der Waals surface area (Å²) in [5.41, 5.74) is 1.87. The highest BCUT2D eigenvalue weighted by atomic mass is 16.5. The van der Waals surface area contributed by atoms with E-state index in [0.717, 1.165) is 62.2 Å². The molecule has 1 aromatic carbocycles. The molecule has 1 aromatic heterocycles. The summed E-state index contributed by atoms with van der Waals surface area (Å²) in [4.78, 5) is 6.88. The third kappa shape index (κ3) is 6.58. The second kappa shape index (κ2) is 11.0. The first-order valence-corrected chi connectivity index (χ1v) is 10.4. The number of benzene rings is 1. The van der Waals surface area contributed by atoms with E-state index in [0.29, 0.717) is 18.5 Å². The van der Waals surface area contributed by atoms with Gasteiger partial charge in [0.25, 0.3) is 0 Å². The van der Waals surface area contributed by atoms with Gasteiger partial charge in [-0.1, -0.05) is 49.3 Å². The predicted molar refractivity (Wildman–Crippen MR) is 116 cm³/mol. The molecular weight excluding hydrogens is 366 g/mol. The second-order valence-corrected chi connectivity index (χ2v) is 7.79. The van der Waals surface area contributed by atoms with Crippen LogP contribution < -0.4 is 10.6 Å². The van der Waals surface area contributed by atoms with Crippen LogP contribution in [0.4, 0.5) is 0 Å². The minimum Gasteiger partial charge on any atom is -0.379 e. The van der Waals surface area contributed by atoms with Crippen LogP contribution in [0, 0.1) is 5.92 Å². The molecule has 0 aliphatic carbocycles. The van der Waals surface area contributed by atoms with E-state index in [-0.39, 0.29) is 0 Å². The molecular formula is C22H33N5O2. The Morgan fingerprint density at radius 1 is 1.17 bits per heavy atom. The molecule has 0 spiro atoms. The lowest BCUT2D eigenvalue weighted by Crippen LogP contribution is -2.51. The molecule has 158 valence electrons. The maximum Gasteiger partial charge on any atom is 0.191 e. The van der Waals surface area contributed by atoms with Crippen molar-refractivity contribution in [2.45, 2.75) is 32.9 Å². The molecule has 1 saturated heterocycles. The van der Waals surface area contributed by atoms with Gasteiger partial charge >= 0.3 is 0 Å². The van der Waals surface area contributed by atoms with Gasteiger partial charge < -0.3 is 19.9 Å². The number of hydrogen-bond acceptors (Lipinski definition) is 5. The first kappa shape index (κ1) is 21.3. The number of aromatic nitrogens is 1. The van der Waals surface area contributed by atoms with E-state index in [4.69, 9.17) is 9.26 Å². The van der Waals surface area contributed by atoms with E-state index in [1.54, 1.807) is 7.05 Å². The topological polar surface area (TPSA) is 74.9 Å². The minimum atomic E-state index is 0.467. The highest BCUT2D eigenvalue weighted by molar-refractivity contribution is 5.79. The molecule has 29 heavy (non-hydrogen) atoms. The molecule has 0 amide bonds. The van der Waals surface area contributed by atoms with Crippen LogP contribution >= 0.6 is 0 Å². The Hall–Kier alpha value is -2.38. The highest BCUT2D eigenvalue weighted by Gasteiger charge is 2.22. The average molecular weight is 400 g/mol. The second-order valence-electron chi connectivity index (χ2n) is 7.79. The minimum absolute atomic E-state index is 0.467. The Kier molecular flexibility index (Phi) is 8.07. The zero-order valence-electron chi connectivity index (χ0n) is 17.7. The average Bonchev–Trinajstić information content (AvgIpc) is 3.23. The number of nitrogens with one attached hydrogen (secondary N) is 2. The molecule has 2 aromatic rings. The Morgan fingerprint density at radius 3 is 2.62 bits per heavy atom. The van der Waals surface area contributed by atoms with Crippen LogP contribution in [0.25, 0.3) is 11.3 Å². The Morgan fingerprint density at radius 2 is 1.93 bits per heavy atom. The molecule has 2 N–H and O–H groups in total. The van der Waals surface area contributed by atoms with Gasteiger partial charge in [0.15, 0.2) is 11.7 Å². The lowest BCUT2D eigenvalue weighted by Gasteiger charge is -2.35. The van der Waals surface area contributed by atoms with E-state index in [1.165, 1.54) is 0 Å². The SMILES string of the molecule is CN=C(NCc1cc(-c2ccccc2)on1)NCC(CC(C)C)N1CCOCC1. The maximum absolute atomic E-state index is 5.51. The number of ether oxygens (including phenoxy) is 1. The van der Waals surface area contributed by atoms with Crippen LogP contribution in [0.3, 0.4) is 0 Å². The Bertz CT molecular complexity index is 754. The number of guanidine groups is 1. The van der Waals surface area contributed by atoms with Gasteiger partial charge in [-0.2, -0.15) is 0 Å². The molecule has 1 atom stereocenters. The van der Waals surface area contributed by atoms with Crippen molar-refractivity contribution < 1.29 is 9.26 Å². The smallest absolute Gasteiger partial charge is 0.191 e. The highest BCUT2D eigenvalue weighted by Crippen LogP contribution is 2.19. The van der Waals surface area contributed by atoms with Gasteiger partial charge in [0.1, 0.15) is 5.69 Å². The van der Waals surface area contributed by atoms with Crippen molar-refractivity contribution in [1.82, 2.24) is 20.7 Å². The molecule has 3 rings (SSSR count). The third-order valence-electron chi connectivity index (χ3n) is 5.09. The molecule has 1 aliphatic heterocycles. The Labute approximate surface area is 173 Å². The molecule has 1 aliphatic rings. The van der Waals surface area contributed by atoms with E-state index in [9.17, 15) is 0 Å². The first-order valence-electron chi connectivity index (χ1n) is 10.4. The van der Waals surface area contributed by atoms with Crippen LogP contribution in [-0.4, -0.2) is 62.0 Å². The fourth-order valence-electron chi connectivity index (χ4n) is 3.59. The van der Waals surface area contributed by atoms with Gasteiger partial charge in [-0.05, 0) is 12.3 Å². The molecule has 0 bridgehead atoms. The molecule has 1 unspecified atom stereocenters. The third-order valence-corrected chi connectivity index (χ3v) is 5.09. The van der Waals surface area contributed by atoms with E-state index in [1.807, 2.05) is 36.4 Å². The zero-order valence-corrected chi connectivity index (χ0v) is 17.7. The summed E-state index contributed by atoms with van der Waals surface area (Å²) in [6.07, 6.45) is 1.15. The zero-order chi connectivity index (χ0) is 20.5. The first-order chi connectivity index (χ1) is 14.2. The van der Waals surface area contributed by atoms with E-state index >= 15 is 0 Å². The quantitative estimate of drug-likeness (QED) is 0.525. The fourth-order valence-corrected chi connectivity index (χ4v) is 3.59. The lowest BCUT2D eigenvalue weighted by atomic mass is 10.0. The summed E-state index contributed by atoms with van der Waals surface area (Å²) in [5.74, 6) is 2.19. The normalized spacial score (nSPS) is 16.8. The van der Waals surface area contributed by atoms with Crippen molar-refractivity contribution in [3.8, 4) is 11.3 Å². The summed E-state index contributed by atoms with van der Waals surface area (Å²) < 4.78 is 11.0. The number of rotatable bonds is 8. The molecule has 0 saturated carbocycles. The maximum atomic E-state index is 5.51.